The minimum absolute atomic E-state index is 0.189. The van der Waals surface area contributed by atoms with Gasteiger partial charge < -0.3 is 9.84 Å². The number of carbonyl (C=O) groups is 2. The summed E-state index contributed by atoms with van der Waals surface area (Å²) in [5.41, 5.74) is 1.30. The van der Waals surface area contributed by atoms with E-state index in [0.717, 1.165) is 32.1 Å². The Balaban J connectivity index is 2.08. The summed E-state index contributed by atoms with van der Waals surface area (Å²) < 4.78 is 5.39. The van der Waals surface area contributed by atoms with Crippen molar-refractivity contribution in [3.8, 4) is 5.75 Å². The molecule has 0 fully saturated rings. The molecule has 1 aromatic rings. The van der Waals surface area contributed by atoms with Crippen LogP contribution in [0.2, 0.25) is 0 Å². The molecule has 0 aliphatic heterocycles. The predicted octanol–water partition coefficient (Wildman–Crippen LogP) is 6.70. The van der Waals surface area contributed by atoms with Gasteiger partial charge in [0.2, 0.25) is 0 Å². The second-order valence-corrected chi connectivity index (χ2v) is 7.65. The Morgan fingerprint density at radius 3 is 1.89 bits per heavy atom. The average molecular weight is 391 g/mol. The predicted molar refractivity (Wildman–Crippen MR) is 114 cm³/mol. The van der Waals surface area contributed by atoms with Gasteiger partial charge in [0.25, 0.3) is 0 Å². The lowest BCUT2D eigenvalue weighted by molar-refractivity contribution is -0.137. The van der Waals surface area contributed by atoms with Crippen molar-refractivity contribution in [1.29, 1.82) is 0 Å². The van der Waals surface area contributed by atoms with Crippen LogP contribution in [0.1, 0.15) is 102 Å². The van der Waals surface area contributed by atoms with E-state index >= 15 is 0 Å². The Kier molecular flexibility index (Phi) is 14.0. The molecule has 0 radical (unpaired) electrons. The van der Waals surface area contributed by atoms with E-state index < -0.39 is 5.97 Å². The van der Waals surface area contributed by atoms with E-state index in [1.165, 1.54) is 50.5 Å². The summed E-state index contributed by atoms with van der Waals surface area (Å²) in [5, 5.41) is 8.58. The third-order valence-electron chi connectivity index (χ3n) is 5.00. The van der Waals surface area contributed by atoms with Crippen molar-refractivity contribution in [2.45, 2.75) is 103 Å². The molecule has 28 heavy (non-hydrogen) atoms. The van der Waals surface area contributed by atoms with E-state index in [-0.39, 0.29) is 12.4 Å². The fourth-order valence-corrected chi connectivity index (χ4v) is 3.27. The molecule has 0 atom stereocenters. The van der Waals surface area contributed by atoms with Crippen molar-refractivity contribution in [3.63, 3.8) is 0 Å². The standard InChI is InChI=1S/C24H38O4/c1-2-3-4-5-6-8-11-14-21-17-19-22(20-18-21)28-24(27)16-13-10-7-9-12-15-23(25)26/h17-20H,2-16H2,1H3,(H,25,26). The molecule has 4 heteroatoms. The lowest BCUT2D eigenvalue weighted by atomic mass is 10.0. The molecule has 0 aliphatic carbocycles. The number of ether oxygens (including phenoxy) is 1. The Morgan fingerprint density at radius 2 is 1.29 bits per heavy atom. The van der Waals surface area contributed by atoms with E-state index in [1.54, 1.807) is 0 Å². The fraction of sp³-hybridized carbons (Fsp3) is 0.667. The molecule has 0 amide bonds. The maximum absolute atomic E-state index is 11.9. The highest BCUT2D eigenvalue weighted by molar-refractivity contribution is 5.72. The van der Waals surface area contributed by atoms with Crippen LogP contribution in [0.15, 0.2) is 24.3 Å². The largest absolute Gasteiger partial charge is 0.481 e. The van der Waals surface area contributed by atoms with E-state index in [2.05, 4.69) is 19.1 Å². The first-order valence-electron chi connectivity index (χ1n) is 11.1. The highest BCUT2D eigenvalue weighted by atomic mass is 16.5. The summed E-state index contributed by atoms with van der Waals surface area (Å²) >= 11 is 0. The number of unbranched alkanes of at least 4 members (excludes halogenated alkanes) is 10. The van der Waals surface area contributed by atoms with Crippen molar-refractivity contribution in [2.24, 2.45) is 0 Å². The summed E-state index contributed by atoms with van der Waals surface area (Å²) in [5.74, 6) is -0.308. The molecule has 1 N–H and O–H groups in total. The van der Waals surface area contributed by atoms with Crippen LogP contribution in [0.4, 0.5) is 0 Å². The lowest BCUT2D eigenvalue weighted by Gasteiger charge is -2.06. The first-order valence-corrected chi connectivity index (χ1v) is 11.1. The molecule has 0 spiro atoms. The topological polar surface area (TPSA) is 63.6 Å². The summed E-state index contributed by atoms with van der Waals surface area (Å²) in [4.78, 5) is 22.3. The minimum Gasteiger partial charge on any atom is -0.481 e. The number of carboxylic acid groups (broad SMARTS) is 1. The molecule has 0 aromatic heterocycles. The normalized spacial score (nSPS) is 10.8. The third-order valence-corrected chi connectivity index (χ3v) is 5.00. The summed E-state index contributed by atoms with van der Waals surface area (Å²) in [6.07, 6.45) is 15.3. The van der Waals surface area contributed by atoms with Gasteiger partial charge in [-0.2, -0.15) is 0 Å². The molecule has 0 aliphatic rings. The van der Waals surface area contributed by atoms with Crippen LogP contribution in [0.25, 0.3) is 0 Å². The summed E-state index contributed by atoms with van der Waals surface area (Å²) in [6.45, 7) is 2.24. The van der Waals surface area contributed by atoms with Crippen LogP contribution >= 0.6 is 0 Å². The maximum atomic E-state index is 11.9. The number of aliphatic carboxylic acids is 1. The first-order chi connectivity index (χ1) is 13.6. The molecule has 1 aromatic carbocycles. The fourth-order valence-electron chi connectivity index (χ4n) is 3.27. The minimum atomic E-state index is -0.739. The summed E-state index contributed by atoms with van der Waals surface area (Å²) in [6, 6.07) is 7.89. The van der Waals surface area contributed by atoms with Gasteiger partial charge in [0.05, 0.1) is 0 Å². The molecular weight excluding hydrogens is 352 g/mol. The van der Waals surface area contributed by atoms with Crippen LogP contribution in [-0.2, 0) is 16.0 Å². The number of esters is 1. The Labute approximate surface area is 170 Å². The highest BCUT2D eigenvalue weighted by Gasteiger charge is 2.05. The van der Waals surface area contributed by atoms with Gasteiger partial charge >= 0.3 is 11.9 Å². The molecule has 0 unspecified atom stereocenters. The molecule has 0 saturated carbocycles. The molecule has 1 rings (SSSR count). The number of hydrogen-bond acceptors (Lipinski definition) is 3. The van der Waals surface area contributed by atoms with Crippen LogP contribution < -0.4 is 4.74 Å². The zero-order valence-electron chi connectivity index (χ0n) is 17.6. The van der Waals surface area contributed by atoms with Crippen molar-refractivity contribution >= 4 is 11.9 Å². The van der Waals surface area contributed by atoms with Gasteiger partial charge in [-0.05, 0) is 43.4 Å². The molecule has 0 heterocycles. The molecular formula is C24H38O4. The zero-order chi connectivity index (χ0) is 20.5. The SMILES string of the molecule is CCCCCCCCCc1ccc(OC(=O)CCCCCCCC(=O)O)cc1. The van der Waals surface area contributed by atoms with Crippen LogP contribution in [0.3, 0.4) is 0 Å². The Bertz CT molecular complexity index is 536. The van der Waals surface area contributed by atoms with Crippen LogP contribution in [0, 0.1) is 0 Å². The molecule has 0 saturated heterocycles. The quantitative estimate of drug-likeness (QED) is 0.183. The average Bonchev–Trinajstić information content (AvgIpc) is 2.67. The number of carbonyl (C=O) groups excluding carboxylic acids is 1. The van der Waals surface area contributed by atoms with E-state index in [4.69, 9.17) is 9.84 Å². The summed E-state index contributed by atoms with van der Waals surface area (Å²) in [7, 11) is 0. The highest BCUT2D eigenvalue weighted by Crippen LogP contribution is 2.16. The molecule has 158 valence electrons. The zero-order valence-corrected chi connectivity index (χ0v) is 17.6. The van der Waals surface area contributed by atoms with Crippen molar-refractivity contribution in [1.82, 2.24) is 0 Å². The van der Waals surface area contributed by atoms with Crippen molar-refractivity contribution < 1.29 is 19.4 Å². The van der Waals surface area contributed by atoms with Gasteiger partial charge in [0.1, 0.15) is 5.75 Å². The second-order valence-electron chi connectivity index (χ2n) is 7.65. The van der Waals surface area contributed by atoms with E-state index in [1.807, 2.05) is 12.1 Å². The Hall–Kier alpha value is -1.84. The van der Waals surface area contributed by atoms with Crippen LogP contribution in [-0.4, -0.2) is 17.0 Å². The maximum Gasteiger partial charge on any atom is 0.311 e. The number of aryl methyl sites for hydroxylation is 1. The molecule has 4 nitrogen and oxygen atoms in total. The van der Waals surface area contributed by atoms with E-state index in [9.17, 15) is 9.59 Å². The van der Waals surface area contributed by atoms with Gasteiger partial charge in [0.15, 0.2) is 0 Å². The second kappa shape index (κ2) is 16.1. The number of rotatable bonds is 17. The first kappa shape index (κ1) is 24.2. The van der Waals surface area contributed by atoms with Gasteiger partial charge in [-0.1, -0.05) is 76.8 Å². The van der Waals surface area contributed by atoms with Gasteiger partial charge in [0, 0.05) is 12.8 Å². The third kappa shape index (κ3) is 13.3. The van der Waals surface area contributed by atoms with E-state index in [0.29, 0.717) is 18.6 Å². The monoisotopic (exact) mass is 390 g/mol. The van der Waals surface area contributed by atoms with Gasteiger partial charge in [-0.25, -0.2) is 0 Å². The number of carboxylic acids is 1. The van der Waals surface area contributed by atoms with Crippen molar-refractivity contribution in [3.05, 3.63) is 29.8 Å². The Morgan fingerprint density at radius 1 is 0.750 bits per heavy atom. The number of benzene rings is 1. The van der Waals surface area contributed by atoms with Gasteiger partial charge in [-0.3, -0.25) is 9.59 Å². The van der Waals surface area contributed by atoms with Crippen molar-refractivity contribution in [2.75, 3.05) is 0 Å². The number of hydrogen-bond donors (Lipinski definition) is 1. The van der Waals surface area contributed by atoms with Crippen LogP contribution in [0.5, 0.6) is 5.75 Å². The van der Waals surface area contributed by atoms with Gasteiger partial charge in [-0.15, -0.1) is 0 Å². The smallest absolute Gasteiger partial charge is 0.311 e. The molecule has 0 bridgehead atoms. The lowest BCUT2D eigenvalue weighted by Crippen LogP contribution is -2.07.